The highest BCUT2D eigenvalue weighted by Crippen LogP contribution is 2.57. The summed E-state index contributed by atoms with van der Waals surface area (Å²) in [6.07, 6.45) is -0.666. The predicted octanol–water partition coefficient (Wildman–Crippen LogP) is 7.67. The van der Waals surface area contributed by atoms with Crippen molar-refractivity contribution < 1.29 is 36.6 Å². The van der Waals surface area contributed by atoms with Gasteiger partial charge in [0.1, 0.15) is 0 Å². The lowest BCUT2D eigenvalue weighted by Crippen LogP contribution is -2.18. The third-order valence-corrected chi connectivity index (χ3v) is 6.36. The van der Waals surface area contributed by atoms with E-state index in [4.69, 9.17) is 23.2 Å². The Balaban J connectivity index is 0.000000254. The van der Waals surface area contributed by atoms with Gasteiger partial charge in [-0.3, -0.25) is 9.59 Å². The summed E-state index contributed by atoms with van der Waals surface area (Å²) in [6, 6.07) is 13.2. The number of methoxy groups -OCH3 is 2. The van der Waals surface area contributed by atoms with Crippen LogP contribution in [0.15, 0.2) is 48.5 Å². The van der Waals surface area contributed by atoms with Crippen LogP contribution in [0.25, 0.3) is 0 Å². The van der Waals surface area contributed by atoms with Gasteiger partial charge in [-0.25, -0.2) is 17.6 Å². The van der Waals surface area contributed by atoms with Gasteiger partial charge in [0, 0.05) is 34.7 Å². The van der Waals surface area contributed by atoms with E-state index in [0.29, 0.717) is 21.2 Å². The van der Waals surface area contributed by atoms with Crippen LogP contribution in [-0.4, -0.2) is 38.0 Å². The van der Waals surface area contributed by atoms with Gasteiger partial charge in [0.05, 0.1) is 27.1 Å². The van der Waals surface area contributed by atoms with Gasteiger partial charge in [0.15, 0.2) is 0 Å². The molecule has 1 aliphatic carbocycles. The Kier molecular flexibility index (Phi) is 10.6. The number of carbonyl (C=O) groups is 2. The Morgan fingerprint density at radius 2 is 1.33 bits per heavy atom. The van der Waals surface area contributed by atoms with Gasteiger partial charge in [-0.15, -0.1) is 0 Å². The molecule has 0 spiro atoms. The minimum Gasteiger partial charge on any atom is -0.469 e. The van der Waals surface area contributed by atoms with Crippen LogP contribution in [0.4, 0.5) is 17.6 Å². The fourth-order valence-electron chi connectivity index (χ4n) is 3.90. The van der Waals surface area contributed by atoms with Crippen molar-refractivity contribution in [2.24, 2.45) is 5.92 Å². The van der Waals surface area contributed by atoms with Crippen molar-refractivity contribution in [3.63, 3.8) is 0 Å². The second-order valence-electron chi connectivity index (χ2n) is 8.81. The molecule has 0 aliphatic heterocycles. The molecule has 36 heavy (non-hydrogen) atoms. The summed E-state index contributed by atoms with van der Waals surface area (Å²) >= 11 is 11.5. The Hall–Kier alpha value is -2.32. The predicted molar refractivity (Wildman–Crippen MR) is 130 cm³/mol. The lowest BCUT2D eigenvalue weighted by atomic mass is 9.90. The highest BCUT2D eigenvalue weighted by molar-refractivity contribution is 6.30. The third kappa shape index (κ3) is 9.62. The van der Waals surface area contributed by atoms with Crippen LogP contribution in [0.2, 0.25) is 10.0 Å². The molecule has 2 aromatic carbocycles. The second-order valence-corrected chi connectivity index (χ2v) is 9.69. The maximum atomic E-state index is 13.2. The summed E-state index contributed by atoms with van der Waals surface area (Å²) in [6.45, 7) is 0.840. The quantitative estimate of drug-likeness (QED) is 0.237. The SMILES string of the molecule is COC(=O)CC(CC(C)(F)F)c1ccc(Cl)cc1.COC(=O)CC(c1ccc(Cl)cc1)C1CC1(F)F. The van der Waals surface area contributed by atoms with Crippen molar-refractivity contribution in [2.45, 2.75) is 56.3 Å². The average Bonchev–Trinajstić information content (AvgIpc) is 3.44. The van der Waals surface area contributed by atoms with Crippen molar-refractivity contribution in [1.29, 1.82) is 0 Å². The average molecular weight is 551 g/mol. The van der Waals surface area contributed by atoms with Gasteiger partial charge in [0.2, 0.25) is 5.92 Å². The molecular weight excluding hydrogens is 523 g/mol. The van der Waals surface area contributed by atoms with Gasteiger partial charge < -0.3 is 9.47 Å². The number of halogens is 6. The maximum Gasteiger partial charge on any atom is 0.306 e. The Morgan fingerprint density at radius 3 is 1.72 bits per heavy atom. The van der Waals surface area contributed by atoms with Crippen molar-refractivity contribution in [1.82, 2.24) is 0 Å². The highest BCUT2D eigenvalue weighted by Gasteiger charge is 2.60. The molecule has 3 rings (SSSR count). The van der Waals surface area contributed by atoms with E-state index in [1.165, 1.54) is 14.2 Å². The zero-order chi connectivity index (χ0) is 27.1. The molecule has 3 unspecified atom stereocenters. The van der Waals surface area contributed by atoms with E-state index >= 15 is 0 Å². The van der Waals surface area contributed by atoms with Crippen molar-refractivity contribution in [3.05, 3.63) is 69.7 Å². The molecule has 198 valence electrons. The largest absolute Gasteiger partial charge is 0.469 e. The summed E-state index contributed by atoms with van der Waals surface area (Å²) in [7, 11) is 2.50. The number of ether oxygens (including phenoxy) is 2. The summed E-state index contributed by atoms with van der Waals surface area (Å²) in [5.41, 5.74) is 1.36. The lowest BCUT2D eigenvalue weighted by molar-refractivity contribution is -0.142. The van der Waals surface area contributed by atoms with Crippen LogP contribution >= 0.6 is 23.2 Å². The van der Waals surface area contributed by atoms with Gasteiger partial charge in [-0.2, -0.15) is 0 Å². The van der Waals surface area contributed by atoms with Gasteiger partial charge in [-0.1, -0.05) is 47.5 Å². The fourth-order valence-corrected chi connectivity index (χ4v) is 4.15. The lowest BCUT2D eigenvalue weighted by Gasteiger charge is -2.20. The van der Waals surface area contributed by atoms with Crippen molar-refractivity contribution in [3.8, 4) is 0 Å². The molecule has 0 bridgehead atoms. The van der Waals surface area contributed by atoms with Gasteiger partial charge in [0.25, 0.3) is 5.92 Å². The number of hydrogen-bond acceptors (Lipinski definition) is 4. The smallest absolute Gasteiger partial charge is 0.306 e. The number of rotatable bonds is 9. The van der Waals surface area contributed by atoms with E-state index in [1.807, 2.05) is 0 Å². The molecule has 10 heteroatoms. The first-order chi connectivity index (χ1) is 16.8. The molecule has 0 heterocycles. The van der Waals surface area contributed by atoms with Crippen LogP contribution in [-0.2, 0) is 19.1 Å². The van der Waals surface area contributed by atoms with E-state index < -0.39 is 48.0 Å². The molecule has 0 radical (unpaired) electrons. The molecule has 3 atom stereocenters. The van der Waals surface area contributed by atoms with E-state index in [-0.39, 0.29) is 19.3 Å². The fraction of sp³-hybridized carbons (Fsp3) is 0.462. The van der Waals surface area contributed by atoms with Crippen LogP contribution in [0.5, 0.6) is 0 Å². The van der Waals surface area contributed by atoms with E-state index in [0.717, 1.165) is 6.92 Å². The van der Waals surface area contributed by atoms with E-state index in [1.54, 1.807) is 48.5 Å². The third-order valence-electron chi connectivity index (χ3n) is 5.86. The van der Waals surface area contributed by atoms with Crippen LogP contribution in [0.3, 0.4) is 0 Å². The minimum atomic E-state index is -2.83. The number of esters is 2. The molecule has 1 saturated carbocycles. The summed E-state index contributed by atoms with van der Waals surface area (Å²) in [5.74, 6) is -8.34. The molecule has 0 N–H and O–H groups in total. The summed E-state index contributed by atoms with van der Waals surface area (Å²) < 4.78 is 61.7. The summed E-state index contributed by atoms with van der Waals surface area (Å²) in [4.78, 5) is 22.6. The van der Waals surface area contributed by atoms with E-state index in [9.17, 15) is 27.2 Å². The number of carbonyl (C=O) groups excluding carboxylic acids is 2. The number of benzene rings is 2. The zero-order valence-electron chi connectivity index (χ0n) is 20.1. The Morgan fingerprint density at radius 1 is 0.917 bits per heavy atom. The number of alkyl halides is 4. The van der Waals surface area contributed by atoms with Crippen LogP contribution in [0.1, 0.15) is 55.6 Å². The second kappa shape index (κ2) is 12.8. The molecule has 0 amide bonds. The Bertz CT molecular complexity index is 1000. The zero-order valence-corrected chi connectivity index (χ0v) is 21.6. The molecular formula is C26H28Cl2F4O4. The molecule has 4 nitrogen and oxygen atoms in total. The maximum absolute atomic E-state index is 13.2. The normalized spacial score (nSPS) is 17.8. The standard InChI is InChI=1S/C13H13ClF2O2.C13H15ClF2O2/c1-18-12(17)6-10(11-7-13(11,15)16)8-2-4-9(14)5-3-8;1-13(15,16)8-10(7-12(17)18-2)9-3-5-11(14)6-4-9/h2-5,10-11H,6-7H2,1H3;3-6,10H,7-8H2,1-2H3. The number of hydrogen-bond donors (Lipinski definition) is 0. The molecule has 0 aromatic heterocycles. The monoisotopic (exact) mass is 550 g/mol. The molecule has 0 saturated heterocycles. The van der Waals surface area contributed by atoms with Crippen LogP contribution in [0, 0.1) is 5.92 Å². The summed E-state index contributed by atoms with van der Waals surface area (Å²) in [5, 5.41) is 1.07. The first kappa shape index (κ1) is 29.9. The first-order valence-corrected chi connectivity index (χ1v) is 11.9. The van der Waals surface area contributed by atoms with Gasteiger partial charge >= 0.3 is 11.9 Å². The minimum absolute atomic E-state index is 0.0294. The first-order valence-electron chi connectivity index (χ1n) is 11.2. The van der Waals surface area contributed by atoms with E-state index in [2.05, 4.69) is 9.47 Å². The molecule has 1 aliphatic rings. The molecule has 2 aromatic rings. The molecule has 1 fully saturated rings. The topological polar surface area (TPSA) is 52.6 Å². The van der Waals surface area contributed by atoms with Crippen molar-refractivity contribution >= 4 is 35.1 Å². The van der Waals surface area contributed by atoms with Crippen LogP contribution < -0.4 is 0 Å². The van der Waals surface area contributed by atoms with Gasteiger partial charge in [-0.05, 0) is 48.2 Å². The highest BCUT2D eigenvalue weighted by atomic mass is 35.5. The van der Waals surface area contributed by atoms with Crippen molar-refractivity contribution in [2.75, 3.05) is 14.2 Å². The Labute approximate surface area is 217 Å².